The molecule has 1 fully saturated rings. The number of fused-ring (bicyclic) bond motifs is 1. The molecule has 7 nitrogen and oxygen atoms in total. The molecule has 0 spiro atoms. The number of pyridine rings is 2. The van der Waals surface area contributed by atoms with Crippen LogP contribution in [0, 0.1) is 0 Å². The smallest absolute Gasteiger partial charge is 0.272 e. The van der Waals surface area contributed by atoms with Gasteiger partial charge in [-0.05, 0) is 24.3 Å². The summed E-state index contributed by atoms with van der Waals surface area (Å²) in [5.74, 6) is 0.869. The van der Waals surface area contributed by atoms with E-state index in [1.807, 2.05) is 65.7 Å². The number of carbonyl (C=O) groups excluding carboxylic acids is 1. The van der Waals surface area contributed by atoms with Crippen molar-refractivity contribution in [2.24, 2.45) is 0 Å². The molecule has 7 heteroatoms. The van der Waals surface area contributed by atoms with Crippen LogP contribution in [0.5, 0.6) is 0 Å². The fourth-order valence-corrected chi connectivity index (χ4v) is 3.63. The second-order valence-corrected chi connectivity index (χ2v) is 7.05. The third kappa shape index (κ3) is 3.42. The zero-order valence-electron chi connectivity index (χ0n) is 15.8. The van der Waals surface area contributed by atoms with Crippen molar-refractivity contribution in [3.63, 3.8) is 0 Å². The van der Waals surface area contributed by atoms with Crippen LogP contribution >= 0.6 is 0 Å². The van der Waals surface area contributed by atoms with E-state index in [-0.39, 0.29) is 5.91 Å². The predicted octanol–water partition coefficient (Wildman–Crippen LogP) is 2.98. The van der Waals surface area contributed by atoms with Crippen molar-refractivity contribution >= 4 is 22.6 Å². The normalized spacial score (nSPS) is 14.3. The summed E-state index contributed by atoms with van der Waals surface area (Å²) in [5.41, 5.74) is 3.28. The summed E-state index contributed by atoms with van der Waals surface area (Å²) < 4.78 is 0. The van der Waals surface area contributed by atoms with E-state index >= 15 is 0 Å². The summed E-state index contributed by atoms with van der Waals surface area (Å²) in [7, 11) is 0. The molecule has 3 aromatic heterocycles. The molecule has 0 saturated carbocycles. The van der Waals surface area contributed by atoms with Crippen molar-refractivity contribution in [2.45, 2.75) is 0 Å². The first-order chi connectivity index (χ1) is 14.3. The largest absolute Gasteiger partial charge is 0.352 e. The summed E-state index contributed by atoms with van der Waals surface area (Å²) in [4.78, 5) is 25.6. The molecular weight excluding hydrogens is 364 g/mol. The maximum atomic E-state index is 12.9. The molecule has 1 N–H and O–H groups in total. The van der Waals surface area contributed by atoms with Gasteiger partial charge in [-0.25, -0.2) is 4.98 Å². The first-order valence-electron chi connectivity index (χ1n) is 9.64. The Bertz CT molecular complexity index is 1150. The molecule has 1 aliphatic rings. The number of hydrogen-bond acceptors (Lipinski definition) is 5. The lowest BCUT2D eigenvalue weighted by Crippen LogP contribution is -2.49. The molecule has 0 bridgehead atoms. The molecule has 0 aliphatic carbocycles. The van der Waals surface area contributed by atoms with Gasteiger partial charge in [0.2, 0.25) is 0 Å². The Morgan fingerprint density at radius 3 is 2.66 bits per heavy atom. The number of rotatable bonds is 3. The number of benzene rings is 1. The summed E-state index contributed by atoms with van der Waals surface area (Å²) in [6.07, 6.45) is 3.56. The average Bonchev–Trinajstić information content (AvgIpc) is 3.29. The van der Waals surface area contributed by atoms with Crippen LogP contribution in [0.15, 0.2) is 67.0 Å². The molecule has 0 atom stereocenters. The van der Waals surface area contributed by atoms with Gasteiger partial charge < -0.3 is 9.80 Å². The van der Waals surface area contributed by atoms with Crippen molar-refractivity contribution < 1.29 is 4.79 Å². The van der Waals surface area contributed by atoms with E-state index in [4.69, 9.17) is 0 Å². The van der Waals surface area contributed by atoms with Crippen LogP contribution in [-0.4, -0.2) is 57.2 Å². The second kappa shape index (κ2) is 7.35. The van der Waals surface area contributed by atoms with Crippen LogP contribution in [0.2, 0.25) is 0 Å². The Kier molecular flexibility index (Phi) is 4.40. The fourth-order valence-electron chi connectivity index (χ4n) is 3.63. The quantitative estimate of drug-likeness (QED) is 0.588. The highest BCUT2D eigenvalue weighted by molar-refractivity contribution is 5.95. The van der Waals surface area contributed by atoms with Crippen LogP contribution < -0.4 is 4.90 Å². The molecule has 1 aliphatic heterocycles. The molecule has 5 rings (SSSR count). The number of anilines is 1. The fraction of sp³-hybridized carbons (Fsp3) is 0.182. The van der Waals surface area contributed by atoms with Crippen LogP contribution in [-0.2, 0) is 0 Å². The van der Waals surface area contributed by atoms with Crippen LogP contribution in [0.25, 0.3) is 22.2 Å². The summed E-state index contributed by atoms with van der Waals surface area (Å²) in [6.45, 7) is 2.75. The molecular formula is C22H20N6O. The van der Waals surface area contributed by atoms with E-state index in [1.165, 1.54) is 0 Å². The van der Waals surface area contributed by atoms with Crippen LogP contribution in [0.3, 0.4) is 0 Å². The predicted molar refractivity (Wildman–Crippen MR) is 112 cm³/mol. The molecule has 0 radical (unpaired) electrons. The van der Waals surface area contributed by atoms with Crippen LogP contribution in [0.1, 0.15) is 10.5 Å². The topological polar surface area (TPSA) is 78.0 Å². The second-order valence-electron chi connectivity index (χ2n) is 7.05. The SMILES string of the molecule is O=C(c1ccc2ccccc2n1)N1CCN(c2cc(-c3cccnc3)[nH]n2)CC1. The Hall–Kier alpha value is -3.74. The van der Waals surface area contributed by atoms with Gasteiger partial charge in [-0.15, -0.1) is 0 Å². The number of piperazine rings is 1. The van der Waals surface area contributed by atoms with E-state index in [1.54, 1.807) is 6.20 Å². The van der Waals surface area contributed by atoms with E-state index in [9.17, 15) is 4.79 Å². The number of H-pyrrole nitrogens is 1. The first kappa shape index (κ1) is 17.4. The van der Waals surface area contributed by atoms with Gasteiger partial charge in [0, 0.05) is 55.6 Å². The Labute approximate surface area is 168 Å². The van der Waals surface area contributed by atoms with Crippen molar-refractivity contribution in [1.29, 1.82) is 0 Å². The van der Waals surface area contributed by atoms with E-state index in [0.717, 1.165) is 41.1 Å². The van der Waals surface area contributed by atoms with Gasteiger partial charge >= 0.3 is 0 Å². The molecule has 0 unspecified atom stereocenters. The molecule has 1 saturated heterocycles. The number of carbonyl (C=O) groups is 1. The van der Waals surface area contributed by atoms with Gasteiger partial charge in [0.05, 0.1) is 11.2 Å². The number of nitrogens with zero attached hydrogens (tertiary/aromatic N) is 5. The number of aromatic nitrogens is 4. The zero-order valence-corrected chi connectivity index (χ0v) is 15.8. The molecule has 1 amide bonds. The number of amides is 1. The lowest BCUT2D eigenvalue weighted by Gasteiger charge is -2.34. The van der Waals surface area contributed by atoms with Gasteiger partial charge in [-0.3, -0.25) is 14.9 Å². The Morgan fingerprint density at radius 1 is 0.966 bits per heavy atom. The maximum Gasteiger partial charge on any atom is 0.272 e. The van der Waals surface area contributed by atoms with Crippen molar-refractivity contribution in [3.05, 3.63) is 72.7 Å². The van der Waals surface area contributed by atoms with Gasteiger partial charge in [0.25, 0.3) is 5.91 Å². The van der Waals surface area contributed by atoms with Crippen molar-refractivity contribution in [3.8, 4) is 11.3 Å². The highest BCUT2D eigenvalue weighted by atomic mass is 16.2. The molecule has 1 aromatic carbocycles. The van der Waals surface area contributed by atoms with Gasteiger partial charge in [-0.1, -0.05) is 24.3 Å². The minimum Gasteiger partial charge on any atom is -0.352 e. The highest BCUT2D eigenvalue weighted by Gasteiger charge is 2.24. The third-order valence-corrected chi connectivity index (χ3v) is 5.25. The lowest BCUT2D eigenvalue weighted by atomic mass is 10.2. The Balaban J connectivity index is 1.26. The van der Waals surface area contributed by atoms with Gasteiger partial charge in [0.1, 0.15) is 5.69 Å². The van der Waals surface area contributed by atoms with Crippen LogP contribution in [0.4, 0.5) is 5.82 Å². The van der Waals surface area contributed by atoms with E-state index in [0.29, 0.717) is 18.8 Å². The average molecular weight is 384 g/mol. The molecule has 144 valence electrons. The number of para-hydroxylation sites is 1. The number of aromatic amines is 1. The molecule has 4 aromatic rings. The molecule has 29 heavy (non-hydrogen) atoms. The van der Waals surface area contributed by atoms with E-state index in [2.05, 4.69) is 25.1 Å². The Morgan fingerprint density at radius 2 is 1.83 bits per heavy atom. The summed E-state index contributed by atoms with van der Waals surface area (Å²) in [5, 5.41) is 8.55. The van der Waals surface area contributed by atoms with Gasteiger partial charge in [0.15, 0.2) is 5.82 Å². The summed E-state index contributed by atoms with van der Waals surface area (Å²) in [6, 6.07) is 17.5. The first-order valence-corrected chi connectivity index (χ1v) is 9.64. The van der Waals surface area contributed by atoms with E-state index < -0.39 is 0 Å². The lowest BCUT2D eigenvalue weighted by molar-refractivity contribution is 0.0741. The maximum absolute atomic E-state index is 12.9. The van der Waals surface area contributed by atoms with Crippen molar-refractivity contribution in [1.82, 2.24) is 25.1 Å². The number of nitrogens with one attached hydrogen (secondary N) is 1. The van der Waals surface area contributed by atoms with Gasteiger partial charge in [-0.2, -0.15) is 5.10 Å². The third-order valence-electron chi connectivity index (χ3n) is 5.25. The summed E-state index contributed by atoms with van der Waals surface area (Å²) >= 11 is 0. The van der Waals surface area contributed by atoms with Crippen molar-refractivity contribution in [2.75, 3.05) is 31.1 Å². The number of hydrogen-bond donors (Lipinski definition) is 1. The standard InChI is InChI=1S/C22H20N6O/c29-22(19-8-7-16-4-1-2-6-18(16)24-19)28-12-10-27(11-13-28)21-14-20(25-26-21)17-5-3-9-23-15-17/h1-9,14-15H,10-13H2,(H,25,26). The monoisotopic (exact) mass is 384 g/mol. The minimum atomic E-state index is -0.0199. The highest BCUT2D eigenvalue weighted by Crippen LogP contribution is 2.22. The zero-order chi connectivity index (χ0) is 19.6. The molecule has 4 heterocycles. The minimum absolute atomic E-state index is 0.0199.